The van der Waals surface area contributed by atoms with Crippen molar-refractivity contribution in [3.63, 3.8) is 0 Å². The molecule has 0 saturated heterocycles. The summed E-state index contributed by atoms with van der Waals surface area (Å²) in [4.78, 5) is 19.3. The Kier molecular flexibility index (Phi) is 3.65. The molecular weight excluding hydrogens is 251 g/mol. The number of nitrogens with zero attached hydrogens (tertiary/aromatic N) is 4. The minimum absolute atomic E-state index is 0.178. The van der Waals surface area contributed by atoms with Crippen molar-refractivity contribution >= 4 is 11.6 Å². The fourth-order valence-corrected chi connectivity index (χ4v) is 1.56. The van der Waals surface area contributed by atoms with Crippen LogP contribution in [-0.2, 0) is 6.54 Å². The molecule has 7 heteroatoms. The minimum Gasteiger partial charge on any atom is -0.339 e. The average molecular weight is 262 g/mol. The second kappa shape index (κ2) is 5.38. The van der Waals surface area contributed by atoms with Crippen LogP contribution < -0.4 is 4.90 Å². The molecule has 2 rings (SSSR count). The van der Waals surface area contributed by atoms with E-state index < -0.39 is 4.92 Å². The van der Waals surface area contributed by atoms with Crippen molar-refractivity contribution < 1.29 is 9.31 Å². The van der Waals surface area contributed by atoms with Gasteiger partial charge < -0.3 is 4.90 Å². The summed E-state index contributed by atoms with van der Waals surface area (Å²) in [5.41, 5.74) is 0.329. The molecule has 6 nitrogen and oxygen atoms in total. The highest BCUT2D eigenvalue weighted by Crippen LogP contribution is 2.14. The van der Waals surface area contributed by atoms with Gasteiger partial charge in [0, 0.05) is 19.2 Å². The summed E-state index contributed by atoms with van der Waals surface area (Å²) in [5.74, 6) is -0.00915. The van der Waals surface area contributed by atoms with Crippen molar-refractivity contribution in [2.24, 2.45) is 0 Å². The van der Waals surface area contributed by atoms with Crippen molar-refractivity contribution in [2.75, 3.05) is 11.9 Å². The molecule has 0 atom stereocenters. The topological polar surface area (TPSA) is 72.2 Å². The molecule has 0 radical (unpaired) electrons. The molecule has 0 spiro atoms. The van der Waals surface area contributed by atoms with Gasteiger partial charge in [-0.15, -0.1) is 0 Å². The molecule has 0 aliphatic rings. The van der Waals surface area contributed by atoms with Crippen molar-refractivity contribution in [1.29, 1.82) is 0 Å². The van der Waals surface area contributed by atoms with Crippen LogP contribution in [0.3, 0.4) is 0 Å². The third-order valence-corrected chi connectivity index (χ3v) is 2.54. The molecule has 0 saturated carbocycles. The Hall–Kier alpha value is -2.57. The van der Waals surface area contributed by atoms with Crippen LogP contribution in [0.25, 0.3) is 0 Å². The largest absolute Gasteiger partial charge is 0.339 e. The maximum Gasteiger partial charge on any atom is 0.305 e. The number of anilines is 1. The van der Waals surface area contributed by atoms with E-state index in [2.05, 4.69) is 9.97 Å². The van der Waals surface area contributed by atoms with E-state index >= 15 is 0 Å². The monoisotopic (exact) mass is 262 g/mol. The SMILES string of the molecule is CN(Cc1ccccc1F)c1ncc([N+](=O)[O-])cn1. The molecule has 0 aliphatic heterocycles. The van der Waals surface area contributed by atoms with E-state index in [0.717, 1.165) is 12.4 Å². The van der Waals surface area contributed by atoms with E-state index in [0.29, 0.717) is 11.5 Å². The molecule has 1 aromatic carbocycles. The van der Waals surface area contributed by atoms with Gasteiger partial charge in [0.25, 0.3) is 0 Å². The molecule has 0 aliphatic carbocycles. The Morgan fingerprint density at radius 2 is 1.95 bits per heavy atom. The van der Waals surface area contributed by atoms with Crippen molar-refractivity contribution in [1.82, 2.24) is 9.97 Å². The highest BCUT2D eigenvalue weighted by Gasteiger charge is 2.11. The summed E-state index contributed by atoms with van der Waals surface area (Å²) in [6.07, 6.45) is 2.25. The normalized spacial score (nSPS) is 10.2. The average Bonchev–Trinajstić information content (AvgIpc) is 2.41. The molecule has 0 N–H and O–H groups in total. The van der Waals surface area contributed by atoms with Crippen LogP contribution in [-0.4, -0.2) is 21.9 Å². The maximum atomic E-state index is 13.5. The molecule has 98 valence electrons. The first kappa shape index (κ1) is 12.9. The number of aromatic nitrogens is 2. The van der Waals surface area contributed by atoms with Gasteiger partial charge in [-0.2, -0.15) is 0 Å². The number of rotatable bonds is 4. The lowest BCUT2D eigenvalue weighted by Crippen LogP contribution is -2.19. The molecule has 0 amide bonds. The standard InChI is InChI=1S/C12H11FN4O2/c1-16(8-9-4-2-3-5-11(9)13)12-14-6-10(7-15-12)17(18)19/h2-7H,8H2,1H3. The first-order valence-electron chi connectivity index (χ1n) is 5.49. The molecular formula is C12H11FN4O2. The Bertz CT molecular complexity index is 589. The second-order valence-electron chi connectivity index (χ2n) is 3.95. The van der Waals surface area contributed by atoms with Crippen LogP contribution in [0.15, 0.2) is 36.7 Å². The third-order valence-electron chi connectivity index (χ3n) is 2.54. The minimum atomic E-state index is -0.569. The number of hydrogen-bond donors (Lipinski definition) is 0. The predicted molar refractivity (Wildman–Crippen MR) is 67.2 cm³/mol. The Morgan fingerprint density at radius 3 is 2.53 bits per heavy atom. The predicted octanol–water partition coefficient (Wildman–Crippen LogP) is 2.16. The third kappa shape index (κ3) is 3.01. The van der Waals surface area contributed by atoms with E-state index in [4.69, 9.17) is 0 Å². The maximum absolute atomic E-state index is 13.5. The molecule has 2 aromatic rings. The van der Waals surface area contributed by atoms with E-state index in [-0.39, 0.29) is 18.0 Å². The summed E-state index contributed by atoms with van der Waals surface area (Å²) < 4.78 is 13.5. The van der Waals surface area contributed by atoms with Crippen LogP contribution in [0.2, 0.25) is 0 Å². The lowest BCUT2D eigenvalue weighted by Gasteiger charge is -2.16. The van der Waals surface area contributed by atoms with Crippen LogP contribution in [0.4, 0.5) is 16.0 Å². The van der Waals surface area contributed by atoms with E-state index in [1.165, 1.54) is 6.07 Å². The highest BCUT2D eigenvalue weighted by molar-refractivity contribution is 5.34. The zero-order valence-electron chi connectivity index (χ0n) is 10.2. The van der Waals surface area contributed by atoms with E-state index in [9.17, 15) is 14.5 Å². The van der Waals surface area contributed by atoms with Crippen LogP contribution >= 0.6 is 0 Å². The van der Waals surface area contributed by atoms with E-state index in [1.807, 2.05) is 0 Å². The number of halogens is 1. The number of hydrogen-bond acceptors (Lipinski definition) is 5. The van der Waals surface area contributed by atoms with Crippen LogP contribution in [0.1, 0.15) is 5.56 Å². The van der Waals surface area contributed by atoms with Gasteiger partial charge in [-0.3, -0.25) is 10.1 Å². The molecule has 1 aromatic heterocycles. The Labute approximate surface area is 108 Å². The molecule has 1 heterocycles. The van der Waals surface area contributed by atoms with Crippen molar-refractivity contribution in [3.05, 3.63) is 58.2 Å². The summed E-state index contributed by atoms with van der Waals surface area (Å²) in [7, 11) is 1.69. The lowest BCUT2D eigenvalue weighted by atomic mass is 10.2. The van der Waals surface area contributed by atoms with E-state index in [1.54, 1.807) is 30.1 Å². The number of benzene rings is 1. The Balaban J connectivity index is 2.14. The summed E-state index contributed by atoms with van der Waals surface area (Å²) >= 11 is 0. The first-order chi connectivity index (χ1) is 9.08. The summed E-state index contributed by atoms with van der Waals surface area (Å²) in [5, 5.41) is 10.5. The van der Waals surface area contributed by atoms with Crippen LogP contribution in [0, 0.1) is 15.9 Å². The second-order valence-corrected chi connectivity index (χ2v) is 3.95. The van der Waals surface area contributed by atoms with Crippen LogP contribution in [0.5, 0.6) is 0 Å². The first-order valence-corrected chi connectivity index (χ1v) is 5.49. The van der Waals surface area contributed by atoms with Gasteiger partial charge >= 0.3 is 5.69 Å². The van der Waals surface area contributed by atoms with Gasteiger partial charge in [-0.1, -0.05) is 18.2 Å². The molecule has 0 fully saturated rings. The van der Waals surface area contributed by atoms with Gasteiger partial charge in [-0.25, -0.2) is 14.4 Å². The Morgan fingerprint density at radius 1 is 1.32 bits per heavy atom. The van der Waals surface area contributed by atoms with Gasteiger partial charge in [0.05, 0.1) is 4.92 Å². The zero-order valence-corrected chi connectivity index (χ0v) is 10.2. The molecule has 0 unspecified atom stereocenters. The number of nitro groups is 1. The zero-order chi connectivity index (χ0) is 13.8. The smallest absolute Gasteiger partial charge is 0.305 e. The fraction of sp³-hybridized carbons (Fsp3) is 0.167. The van der Waals surface area contributed by atoms with Gasteiger partial charge in [0.1, 0.15) is 18.2 Å². The summed E-state index contributed by atoms with van der Waals surface area (Å²) in [6.45, 7) is 0.282. The quantitative estimate of drug-likeness (QED) is 0.623. The molecule has 19 heavy (non-hydrogen) atoms. The van der Waals surface area contributed by atoms with Crippen molar-refractivity contribution in [2.45, 2.75) is 6.54 Å². The lowest BCUT2D eigenvalue weighted by molar-refractivity contribution is -0.385. The fourth-order valence-electron chi connectivity index (χ4n) is 1.56. The summed E-state index contributed by atoms with van der Waals surface area (Å²) in [6, 6.07) is 6.39. The highest BCUT2D eigenvalue weighted by atomic mass is 19.1. The van der Waals surface area contributed by atoms with Gasteiger partial charge in [-0.05, 0) is 6.07 Å². The van der Waals surface area contributed by atoms with Crippen molar-refractivity contribution in [3.8, 4) is 0 Å². The van der Waals surface area contributed by atoms with Gasteiger partial charge in [0.2, 0.25) is 5.95 Å². The molecule has 0 bridgehead atoms. The van der Waals surface area contributed by atoms with Gasteiger partial charge in [0.15, 0.2) is 0 Å².